The van der Waals surface area contributed by atoms with Crippen LogP contribution < -0.4 is 15.9 Å². The number of carbonyl (C=O) groups is 1. The number of methoxy groups -OCH3 is 1. The van der Waals surface area contributed by atoms with Gasteiger partial charge in [-0.15, -0.1) is 0 Å². The van der Waals surface area contributed by atoms with Crippen LogP contribution in [0.5, 0.6) is 5.75 Å². The molecule has 0 spiro atoms. The smallest absolute Gasteiger partial charge is 0.347 e. The van der Waals surface area contributed by atoms with Crippen LogP contribution in [0.4, 0.5) is 0 Å². The minimum absolute atomic E-state index is 0.0670. The van der Waals surface area contributed by atoms with E-state index in [9.17, 15) is 14.4 Å². The highest BCUT2D eigenvalue weighted by Crippen LogP contribution is 2.26. The van der Waals surface area contributed by atoms with Crippen molar-refractivity contribution in [3.05, 3.63) is 105 Å². The summed E-state index contributed by atoms with van der Waals surface area (Å²) in [5.41, 5.74) is 0.416. The first-order valence-electron chi connectivity index (χ1n) is 10.4. The summed E-state index contributed by atoms with van der Waals surface area (Å²) >= 11 is 1.09. The standard InChI is InChI=1S/C26H18N2O5S/c1-32-22-13-7-8-16-14-19(25(31)33-23(16)22)21(29)15-34-26-27-20-12-6-5-11-18(20)24(30)28(26)17-9-3-2-4-10-17/h2-14H,15H2,1H3. The Morgan fingerprint density at radius 3 is 2.56 bits per heavy atom. The number of aromatic nitrogens is 2. The molecule has 0 bridgehead atoms. The maximum absolute atomic E-state index is 13.3. The van der Waals surface area contributed by atoms with Gasteiger partial charge in [-0.2, -0.15) is 0 Å². The minimum Gasteiger partial charge on any atom is -0.493 e. The summed E-state index contributed by atoms with van der Waals surface area (Å²) in [7, 11) is 1.48. The van der Waals surface area contributed by atoms with Crippen LogP contribution in [0, 0.1) is 0 Å². The van der Waals surface area contributed by atoms with Crippen LogP contribution in [-0.4, -0.2) is 28.2 Å². The van der Waals surface area contributed by atoms with E-state index in [1.807, 2.05) is 18.2 Å². The highest BCUT2D eigenvalue weighted by atomic mass is 32.2. The zero-order chi connectivity index (χ0) is 23.7. The van der Waals surface area contributed by atoms with E-state index in [1.165, 1.54) is 17.7 Å². The van der Waals surface area contributed by atoms with E-state index in [-0.39, 0.29) is 22.5 Å². The second-order valence-electron chi connectivity index (χ2n) is 7.43. The highest BCUT2D eigenvalue weighted by molar-refractivity contribution is 7.99. The normalized spacial score (nSPS) is 11.1. The van der Waals surface area contributed by atoms with Crippen LogP contribution >= 0.6 is 11.8 Å². The Bertz CT molecular complexity index is 1660. The van der Waals surface area contributed by atoms with Crippen LogP contribution in [0.25, 0.3) is 27.6 Å². The fourth-order valence-electron chi connectivity index (χ4n) is 3.69. The summed E-state index contributed by atoms with van der Waals surface area (Å²) < 4.78 is 12.1. The third kappa shape index (κ3) is 3.88. The van der Waals surface area contributed by atoms with Gasteiger partial charge in [0.2, 0.25) is 0 Å². The second kappa shape index (κ2) is 8.99. The van der Waals surface area contributed by atoms with E-state index in [0.717, 1.165) is 11.8 Å². The number of benzene rings is 3. The molecule has 0 amide bonds. The molecule has 0 saturated carbocycles. The monoisotopic (exact) mass is 470 g/mol. The first-order valence-corrected chi connectivity index (χ1v) is 11.4. The van der Waals surface area contributed by atoms with E-state index in [0.29, 0.717) is 32.9 Å². The highest BCUT2D eigenvalue weighted by Gasteiger charge is 2.19. The summed E-state index contributed by atoms with van der Waals surface area (Å²) in [6, 6.07) is 22.8. The lowest BCUT2D eigenvalue weighted by molar-refractivity contribution is 0.101. The lowest BCUT2D eigenvalue weighted by Gasteiger charge is -2.13. The molecule has 0 unspecified atom stereocenters. The Hall–Kier alpha value is -4.17. The van der Waals surface area contributed by atoms with Gasteiger partial charge < -0.3 is 9.15 Å². The number of thioether (sulfide) groups is 1. The molecule has 8 heteroatoms. The molecule has 0 radical (unpaired) electrons. The number of hydrogen-bond donors (Lipinski definition) is 0. The van der Waals surface area contributed by atoms with Crippen molar-refractivity contribution < 1.29 is 13.9 Å². The van der Waals surface area contributed by atoms with Gasteiger partial charge in [0.15, 0.2) is 22.3 Å². The number of hydrogen-bond acceptors (Lipinski definition) is 7. The van der Waals surface area contributed by atoms with Gasteiger partial charge in [-0.05, 0) is 36.4 Å². The van der Waals surface area contributed by atoms with Gasteiger partial charge in [-0.25, -0.2) is 9.78 Å². The molecular weight excluding hydrogens is 452 g/mol. The number of nitrogens with zero attached hydrogens (tertiary/aromatic N) is 2. The molecule has 3 aromatic carbocycles. The third-order valence-electron chi connectivity index (χ3n) is 5.34. The van der Waals surface area contributed by atoms with Gasteiger partial charge >= 0.3 is 5.63 Å². The maximum atomic E-state index is 13.3. The molecule has 0 N–H and O–H groups in total. The van der Waals surface area contributed by atoms with Crippen LogP contribution in [-0.2, 0) is 0 Å². The molecule has 0 atom stereocenters. The van der Waals surface area contributed by atoms with Crippen molar-refractivity contribution in [1.82, 2.24) is 9.55 Å². The summed E-state index contributed by atoms with van der Waals surface area (Å²) in [6.45, 7) is 0. The Morgan fingerprint density at radius 2 is 1.76 bits per heavy atom. The molecular formula is C26H18N2O5S. The first kappa shape index (κ1) is 21.7. The molecule has 2 aromatic heterocycles. The lowest BCUT2D eigenvalue weighted by Crippen LogP contribution is -2.22. The van der Waals surface area contributed by atoms with Crippen LogP contribution in [0.2, 0.25) is 0 Å². The SMILES string of the molecule is COc1cccc2cc(C(=O)CSc3nc4ccccc4c(=O)n3-c3ccccc3)c(=O)oc12. The van der Waals surface area contributed by atoms with E-state index in [4.69, 9.17) is 9.15 Å². The number of rotatable bonds is 6. The molecule has 5 aromatic rings. The number of Topliss-reactive ketones (excluding diaryl/α,β-unsaturated/α-hetero) is 1. The topological polar surface area (TPSA) is 91.4 Å². The van der Waals surface area contributed by atoms with Crippen molar-refractivity contribution in [2.75, 3.05) is 12.9 Å². The summed E-state index contributed by atoms with van der Waals surface area (Å²) in [5.74, 6) is -0.113. The zero-order valence-electron chi connectivity index (χ0n) is 18.1. The van der Waals surface area contributed by atoms with Gasteiger partial charge in [0, 0.05) is 5.39 Å². The van der Waals surface area contributed by atoms with Crippen molar-refractivity contribution in [3.8, 4) is 11.4 Å². The molecule has 0 aliphatic carbocycles. The molecule has 5 rings (SSSR count). The van der Waals surface area contributed by atoms with Crippen LogP contribution in [0.1, 0.15) is 10.4 Å². The number of para-hydroxylation sites is 3. The van der Waals surface area contributed by atoms with Crippen LogP contribution in [0.3, 0.4) is 0 Å². The van der Waals surface area contributed by atoms with E-state index in [2.05, 4.69) is 4.98 Å². The van der Waals surface area contributed by atoms with Crippen molar-refractivity contribution in [2.24, 2.45) is 0 Å². The molecule has 168 valence electrons. The van der Waals surface area contributed by atoms with Gasteiger partial charge in [0.25, 0.3) is 5.56 Å². The molecule has 34 heavy (non-hydrogen) atoms. The van der Waals surface area contributed by atoms with Crippen molar-refractivity contribution in [2.45, 2.75) is 5.16 Å². The van der Waals surface area contributed by atoms with Gasteiger partial charge in [0.05, 0.1) is 29.5 Å². The van der Waals surface area contributed by atoms with Gasteiger partial charge in [-0.3, -0.25) is 14.2 Å². The van der Waals surface area contributed by atoms with Crippen LogP contribution in [0.15, 0.2) is 98.0 Å². The van der Waals surface area contributed by atoms with Crippen molar-refractivity contribution in [3.63, 3.8) is 0 Å². The first-order chi connectivity index (χ1) is 16.6. The number of fused-ring (bicyclic) bond motifs is 2. The fraction of sp³-hybridized carbons (Fsp3) is 0.0769. The van der Waals surface area contributed by atoms with E-state index >= 15 is 0 Å². The molecule has 2 heterocycles. The predicted molar refractivity (Wildman–Crippen MR) is 131 cm³/mol. The molecule has 0 aliphatic heterocycles. The van der Waals surface area contributed by atoms with E-state index in [1.54, 1.807) is 54.6 Å². The lowest BCUT2D eigenvalue weighted by atomic mass is 10.1. The summed E-state index contributed by atoms with van der Waals surface area (Å²) in [6.07, 6.45) is 0. The zero-order valence-corrected chi connectivity index (χ0v) is 18.9. The molecule has 0 saturated heterocycles. The van der Waals surface area contributed by atoms with E-state index < -0.39 is 11.4 Å². The van der Waals surface area contributed by atoms with Crippen molar-refractivity contribution >= 4 is 39.4 Å². The maximum Gasteiger partial charge on any atom is 0.347 e. The molecule has 0 aliphatic rings. The number of ether oxygens (including phenoxy) is 1. The average Bonchev–Trinajstić information content (AvgIpc) is 2.87. The number of carbonyl (C=O) groups excluding carboxylic acids is 1. The Kier molecular flexibility index (Phi) is 5.73. The third-order valence-corrected chi connectivity index (χ3v) is 6.27. The second-order valence-corrected chi connectivity index (χ2v) is 8.37. The van der Waals surface area contributed by atoms with Gasteiger partial charge in [0.1, 0.15) is 5.56 Å². The molecule has 0 fully saturated rings. The summed E-state index contributed by atoms with van der Waals surface area (Å²) in [5, 5.41) is 1.42. The minimum atomic E-state index is -0.741. The Balaban J connectivity index is 1.53. The Morgan fingerprint density at radius 1 is 1.00 bits per heavy atom. The quantitative estimate of drug-likeness (QED) is 0.156. The largest absolute Gasteiger partial charge is 0.493 e. The van der Waals surface area contributed by atoms with Gasteiger partial charge in [-0.1, -0.05) is 54.2 Å². The molecule has 7 nitrogen and oxygen atoms in total. The summed E-state index contributed by atoms with van der Waals surface area (Å²) in [4.78, 5) is 43.5. The number of ketones is 1. The predicted octanol–water partition coefficient (Wildman–Crippen LogP) is 4.48. The van der Waals surface area contributed by atoms with Crippen molar-refractivity contribution in [1.29, 1.82) is 0 Å². The Labute approximate surface area is 197 Å². The fourth-order valence-corrected chi connectivity index (χ4v) is 4.59. The average molecular weight is 471 g/mol.